The van der Waals surface area contributed by atoms with E-state index >= 15 is 0 Å². The van der Waals surface area contributed by atoms with Gasteiger partial charge in [-0.2, -0.15) is 0 Å². The molecular formula is C23H25N5. The minimum absolute atomic E-state index is 0.818. The Morgan fingerprint density at radius 1 is 1.07 bits per heavy atom. The zero-order valence-electron chi connectivity index (χ0n) is 16.7. The predicted octanol–water partition coefficient (Wildman–Crippen LogP) is 4.23. The molecule has 0 saturated carbocycles. The second-order valence-electron chi connectivity index (χ2n) is 7.99. The van der Waals surface area contributed by atoms with Gasteiger partial charge in [-0.15, -0.1) is 5.10 Å². The average molecular weight is 371 g/mol. The van der Waals surface area contributed by atoms with Gasteiger partial charge >= 0.3 is 0 Å². The van der Waals surface area contributed by atoms with Gasteiger partial charge < -0.3 is 4.98 Å². The number of fused-ring (bicyclic) bond motifs is 3. The number of nitrogens with one attached hydrogen (secondary N) is 1. The van der Waals surface area contributed by atoms with E-state index in [4.69, 9.17) is 0 Å². The van der Waals surface area contributed by atoms with E-state index in [1.807, 2.05) is 4.68 Å². The Kier molecular flexibility index (Phi) is 4.05. The largest absolute Gasteiger partial charge is 0.357 e. The molecule has 0 atom stereocenters. The Morgan fingerprint density at radius 2 is 1.86 bits per heavy atom. The average Bonchev–Trinajstić information content (AvgIpc) is 3.25. The molecule has 0 aliphatic carbocycles. The molecule has 5 rings (SSSR count). The molecule has 1 aliphatic heterocycles. The number of aryl methyl sites for hydroxylation is 3. The Bertz CT molecular complexity index is 1140. The van der Waals surface area contributed by atoms with Gasteiger partial charge in [0, 0.05) is 36.2 Å². The highest BCUT2D eigenvalue weighted by Gasteiger charge is 2.21. The lowest BCUT2D eigenvalue weighted by molar-refractivity contribution is 0.240. The summed E-state index contributed by atoms with van der Waals surface area (Å²) < 4.78 is 1.93. The monoisotopic (exact) mass is 371 g/mol. The molecule has 0 radical (unpaired) electrons. The van der Waals surface area contributed by atoms with Crippen molar-refractivity contribution in [1.82, 2.24) is 24.9 Å². The van der Waals surface area contributed by atoms with Gasteiger partial charge in [-0.25, -0.2) is 4.68 Å². The van der Waals surface area contributed by atoms with Gasteiger partial charge in [0.1, 0.15) is 0 Å². The second kappa shape index (κ2) is 6.60. The summed E-state index contributed by atoms with van der Waals surface area (Å²) >= 11 is 0. The number of aromatic amines is 1. The molecule has 0 unspecified atom stereocenters. The number of hydrogen-bond acceptors (Lipinski definition) is 3. The molecular weight excluding hydrogens is 346 g/mol. The SMILES string of the molecule is Cc1cc(C)c(-n2cc(CN3CCc4c([nH]c5ccccc45)C3)nn2)c(C)c1. The first kappa shape index (κ1) is 17.2. The molecule has 0 bridgehead atoms. The van der Waals surface area contributed by atoms with E-state index in [2.05, 4.69) is 83.6 Å². The van der Waals surface area contributed by atoms with Crippen molar-refractivity contribution >= 4 is 10.9 Å². The number of benzene rings is 2. The van der Waals surface area contributed by atoms with Crippen LogP contribution < -0.4 is 0 Å². The molecule has 0 amide bonds. The van der Waals surface area contributed by atoms with Crippen molar-refractivity contribution in [2.24, 2.45) is 0 Å². The van der Waals surface area contributed by atoms with Gasteiger partial charge in [0.05, 0.1) is 17.6 Å². The van der Waals surface area contributed by atoms with Gasteiger partial charge in [0.15, 0.2) is 0 Å². The number of aromatic nitrogens is 4. The molecule has 1 N–H and O–H groups in total. The van der Waals surface area contributed by atoms with E-state index in [9.17, 15) is 0 Å². The lowest BCUT2D eigenvalue weighted by Crippen LogP contribution is -2.30. The van der Waals surface area contributed by atoms with Gasteiger partial charge in [0.25, 0.3) is 0 Å². The van der Waals surface area contributed by atoms with Gasteiger partial charge in [-0.3, -0.25) is 4.90 Å². The summed E-state index contributed by atoms with van der Waals surface area (Å²) in [5.74, 6) is 0. The zero-order valence-corrected chi connectivity index (χ0v) is 16.7. The first-order valence-corrected chi connectivity index (χ1v) is 9.89. The number of H-pyrrole nitrogens is 1. The molecule has 142 valence electrons. The Balaban J connectivity index is 1.37. The van der Waals surface area contributed by atoms with Crippen molar-refractivity contribution in [2.45, 2.75) is 40.3 Å². The van der Waals surface area contributed by atoms with Crippen LogP contribution in [0.1, 0.15) is 33.6 Å². The third-order valence-electron chi connectivity index (χ3n) is 5.75. The lowest BCUT2D eigenvalue weighted by Gasteiger charge is -2.25. The fourth-order valence-corrected chi connectivity index (χ4v) is 4.63. The fraction of sp³-hybridized carbons (Fsp3) is 0.304. The molecule has 0 saturated heterocycles. The van der Waals surface area contributed by atoms with Crippen LogP contribution in [0.15, 0.2) is 42.6 Å². The van der Waals surface area contributed by atoms with E-state index in [-0.39, 0.29) is 0 Å². The van der Waals surface area contributed by atoms with Crippen molar-refractivity contribution in [3.8, 4) is 5.69 Å². The molecule has 0 spiro atoms. The molecule has 5 heteroatoms. The first-order chi connectivity index (χ1) is 13.6. The van der Waals surface area contributed by atoms with Crippen LogP contribution in [0.4, 0.5) is 0 Å². The maximum Gasteiger partial charge on any atom is 0.0971 e. The normalized spacial score (nSPS) is 14.5. The van der Waals surface area contributed by atoms with E-state index in [1.165, 1.54) is 38.9 Å². The predicted molar refractivity (Wildman–Crippen MR) is 112 cm³/mol. The Labute approximate surface area is 165 Å². The lowest BCUT2D eigenvalue weighted by atomic mass is 10.0. The fourth-order valence-electron chi connectivity index (χ4n) is 4.63. The molecule has 1 aliphatic rings. The quantitative estimate of drug-likeness (QED) is 0.586. The van der Waals surface area contributed by atoms with E-state index in [1.54, 1.807) is 0 Å². The van der Waals surface area contributed by atoms with Gasteiger partial charge in [-0.1, -0.05) is 41.1 Å². The summed E-state index contributed by atoms with van der Waals surface area (Å²) in [7, 11) is 0. The number of para-hydroxylation sites is 1. The molecule has 4 aromatic rings. The molecule has 2 aromatic heterocycles. The summed E-state index contributed by atoms with van der Waals surface area (Å²) in [6, 6.07) is 13.0. The molecule has 5 nitrogen and oxygen atoms in total. The van der Waals surface area contributed by atoms with Crippen molar-refractivity contribution in [2.75, 3.05) is 6.54 Å². The van der Waals surface area contributed by atoms with E-state index in [0.717, 1.165) is 37.4 Å². The number of hydrogen-bond donors (Lipinski definition) is 1. The van der Waals surface area contributed by atoms with Crippen LogP contribution in [-0.4, -0.2) is 31.4 Å². The summed E-state index contributed by atoms with van der Waals surface area (Å²) in [5, 5.41) is 10.2. The van der Waals surface area contributed by atoms with E-state index in [0.29, 0.717) is 0 Å². The Hall–Kier alpha value is -2.92. The van der Waals surface area contributed by atoms with Crippen LogP contribution in [0, 0.1) is 20.8 Å². The minimum atomic E-state index is 0.818. The summed E-state index contributed by atoms with van der Waals surface area (Å²) in [6.45, 7) is 9.20. The van der Waals surface area contributed by atoms with Crippen LogP contribution in [-0.2, 0) is 19.5 Å². The van der Waals surface area contributed by atoms with Gasteiger partial charge in [-0.05, 0) is 49.9 Å². The second-order valence-corrected chi connectivity index (χ2v) is 7.99. The highest BCUT2D eigenvalue weighted by atomic mass is 15.4. The number of rotatable bonds is 3. The van der Waals surface area contributed by atoms with Crippen molar-refractivity contribution in [3.05, 3.63) is 76.2 Å². The third-order valence-corrected chi connectivity index (χ3v) is 5.75. The van der Waals surface area contributed by atoms with Crippen LogP contribution >= 0.6 is 0 Å². The van der Waals surface area contributed by atoms with E-state index < -0.39 is 0 Å². The number of nitrogens with zero attached hydrogens (tertiary/aromatic N) is 4. The van der Waals surface area contributed by atoms with Crippen LogP contribution in [0.5, 0.6) is 0 Å². The topological polar surface area (TPSA) is 49.7 Å². The van der Waals surface area contributed by atoms with Crippen molar-refractivity contribution in [3.63, 3.8) is 0 Å². The molecule has 28 heavy (non-hydrogen) atoms. The summed E-state index contributed by atoms with van der Waals surface area (Å²) in [6.07, 6.45) is 3.15. The molecule has 2 aromatic carbocycles. The first-order valence-electron chi connectivity index (χ1n) is 9.89. The standard InChI is InChI=1S/C23H25N5/c1-15-10-16(2)23(17(3)11-15)28-13-18(25-26-28)12-27-9-8-20-19-6-4-5-7-21(19)24-22(20)14-27/h4-7,10-11,13,24H,8-9,12,14H2,1-3H3. The van der Waals surface area contributed by atoms with Crippen molar-refractivity contribution in [1.29, 1.82) is 0 Å². The maximum absolute atomic E-state index is 4.45. The molecule has 3 heterocycles. The summed E-state index contributed by atoms with van der Waals surface area (Å²) in [4.78, 5) is 6.05. The van der Waals surface area contributed by atoms with Gasteiger partial charge in [0.2, 0.25) is 0 Å². The zero-order chi connectivity index (χ0) is 19.3. The maximum atomic E-state index is 4.45. The summed E-state index contributed by atoms with van der Waals surface area (Å²) in [5.41, 5.74) is 9.95. The third kappa shape index (κ3) is 2.92. The smallest absolute Gasteiger partial charge is 0.0971 e. The highest BCUT2D eigenvalue weighted by Crippen LogP contribution is 2.28. The van der Waals surface area contributed by atoms with Crippen molar-refractivity contribution < 1.29 is 0 Å². The minimum Gasteiger partial charge on any atom is -0.357 e. The highest BCUT2D eigenvalue weighted by molar-refractivity contribution is 5.84. The van der Waals surface area contributed by atoms with Crippen LogP contribution in [0.3, 0.4) is 0 Å². The Morgan fingerprint density at radius 3 is 2.68 bits per heavy atom. The van der Waals surface area contributed by atoms with Crippen LogP contribution in [0.2, 0.25) is 0 Å². The van der Waals surface area contributed by atoms with Crippen LogP contribution in [0.25, 0.3) is 16.6 Å². The molecule has 0 fully saturated rings.